The lowest BCUT2D eigenvalue weighted by Gasteiger charge is -2.10. The quantitative estimate of drug-likeness (QED) is 0.657. The van der Waals surface area contributed by atoms with Gasteiger partial charge in [-0.25, -0.2) is 5.43 Å². The Bertz CT molecular complexity index is 691. The van der Waals surface area contributed by atoms with Crippen molar-refractivity contribution in [1.82, 2.24) is 5.43 Å². The third kappa shape index (κ3) is 4.77. The molecule has 120 valence electrons. The molecule has 0 saturated carbocycles. The van der Waals surface area contributed by atoms with Gasteiger partial charge in [-0.1, -0.05) is 18.2 Å². The van der Waals surface area contributed by atoms with Gasteiger partial charge in [0.05, 0.1) is 13.3 Å². The minimum Gasteiger partial charge on any atom is -0.493 e. The molecule has 0 radical (unpaired) electrons. The number of benzene rings is 2. The Hall–Kier alpha value is -2.96. The van der Waals surface area contributed by atoms with Crippen LogP contribution in [0, 0.1) is 0 Å². The second-order valence-electron chi connectivity index (χ2n) is 4.35. The lowest BCUT2D eigenvalue weighted by atomic mass is 10.2. The number of alkyl halides is 2. The Morgan fingerprint density at radius 3 is 2.57 bits per heavy atom. The van der Waals surface area contributed by atoms with E-state index in [2.05, 4.69) is 15.3 Å². The maximum Gasteiger partial charge on any atom is 0.387 e. The monoisotopic (exact) mass is 320 g/mol. The van der Waals surface area contributed by atoms with Crippen molar-refractivity contribution in [3.63, 3.8) is 0 Å². The first-order valence-electron chi connectivity index (χ1n) is 6.61. The van der Waals surface area contributed by atoms with Gasteiger partial charge in [-0.05, 0) is 35.9 Å². The summed E-state index contributed by atoms with van der Waals surface area (Å²) in [6.07, 6.45) is 1.32. The minimum absolute atomic E-state index is 0.110. The van der Waals surface area contributed by atoms with E-state index in [-0.39, 0.29) is 17.4 Å². The van der Waals surface area contributed by atoms with Crippen molar-refractivity contribution in [2.75, 3.05) is 7.11 Å². The summed E-state index contributed by atoms with van der Waals surface area (Å²) in [5.41, 5.74) is 3.27. The Morgan fingerprint density at radius 1 is 1.17 bits per heavy atom. The highest BCUT2D eigenvalue weighted by atomic mass is 19.3. The molecule has 0 unspecified atom stereocenters. The zero-order valence-corrected chi connectivity index (χ0v) is 12.2. The lowest BCUT2D eigenvalue weighted by Crippen LogP contribution is -2.17. The lowest BCUT2D eigenvalue weighted by molar-refractivity contribution is -0.0512. The van der Waals surface area contributed by atoms with Gasteiger partial charge in [-0.15, -0.1) is 0 Å². The van der Waals surface area contributed by atoms with Crippen LogP contribution in [-0.2, 0) is 0 Å². The predicted molar refractivity (Wildman–Crippen MR) is 81.1 cm³/mol. The van der Waals surface area contributed by atoms with Crippen molar-refractivity contribution in [3.8, 4) is 11.5 Å². The van der Waals surface area contributed by atoms with Gasteiger partial charge in [-0.2, -0.15) is 13.9 Å². The molecule has 0 saturated heterocycles. The smallest absolute Gasteiger partial charge is 0.387 e. The molecule has 2 aromatic rings. The zero-order valence-electron chi connectivity index (χ0n) is 12.2. The summed E-state index contributed by atoms with van der Waals surface area (Å²) >= 11 is 0. The van der Waals surface area contributed by atoms with E-state index in [0.717, 1.165) is 0 Å². The molecule has 1 N–H and O–H groups in total. The van der Waals surface area contributed by atoms with Gasteiger partial charge in [0.1, 0.15) is 0 Å². The molecule has 0 aliphatic heterocycles. The highest BCUT2D eigenvalue weighted by molar-refractivity contribution is 5.94. The zero-order chi connectivity index (χ0) is 16.7. The van der Waals surface area contributed by atoms with E-state index in [1.54, 1.807) is 36.4 Å². The molecule has 0 heterocycles. The first kappa shape index (κ1) is 16.4. The van der Waals surface area contributed by atoms with Crippen molar-refractivity contribution in [1.29, 1.82) is 0 Å². The minimum atomic E-state index is -2.96. The van der Waals surface area contributed by atoms with Gasteiger partial charge >= 0.3 is 6.61 Å². The third-order valence-electron chi connectivity index (χ3n) is 2.82. The molecule has 0 fully saturated rings. The number of halogens is 2. The average molecular weight is 320 g/mol. The van der Waals surface area contributed by atoms with E-state index >= 15 is 0 Å². The van der Waals surface area contributed by atoms with Crippen LogP contribution < -0.4 is 14.9 Å². The molecule has 0 aromatic heterocycles. The number of hydrazone groups is 1. The number of amides is 1. The summed E-state index contributed by atoms with van der Waals surface area (Å²) in [6.45, 7) is -2.96. The summed E-state index contributed by atoms with van der Waals surface area (Å²) in [5.74, 6) is -0.309. The van der Waals surface area contributed by atoms with E-state index in [1.165, 1.54) is 25.5 Å². The van der Waals surface area contributed by atoms with Crippen LogP contribution in [0.2, 0.25) is 0 Å². The van der Waals surface area contributed by atoms with E-state index in [4.69, 9.17) is 4.74 Å². The van der Waals surface area contributed by atoms with Crippen LogP contribution in [0.3, 0.4) is 0 Å². The maximum atomic E-state index is 12.3. The Morgan fingerprint density at radius 2 is 1.91 bits per heavy atom. The fourth-order valence-electron chi connectivity index (χ4n) is 1.78. The number of methoxy groups -OCH3 is 1. The first-order chi connectivity index (χ1) is 11.1. The summed E-state index contributed by atoms with van der Waals surface area (Å²) < 4.78 is 34.0. The van der Waals surface area contributed by atoms with Crippen molar-refractivity contribution >= 4 is 12.1 Å². The summed E-state index contributed by atoms with van der Waals surface area (Å²) in [7, 11) is 1.35. The Kier molecular flexibility index (Phi) is 5.62. The molecule has 0 aliphatic carbocycles. The maximum absolute atomic E-state index is 12.3. The molecule has 2 rings (SSSR count). The molecule has 0 atom stereocenters. The molecule has 5 nitrogen and oxygen atoms in total. The van der Waals surface area contributed by atoms with Crippen LogP contribution >= 0.6 is 0 Å². The van der Waals surface area contributed by atoms with Crippen molar-refractivity contribution in [3.05, 3.63) is 59.7 Å². The summed E-state index contributed by atoms with van der Waals surface area (Å²) in [5, 5.41) is 3.79. The topological polar surface area (TPSA) is 59.9 Å². The fourth-order valence-corrected chi connectivity index (χ4v) is 1.78. The van der Waals surface area contributed by atoms with Crippen LogP contribution in [0.5, 0.6) is 11.5 Å². The average Bonchev–Trinajstić information content (AvgIpc) is 2.55. The number of nitrogens with zero attached hydrogens (tertiary/aromatic N) is 1. The molecule has 2 aromatic carbocycles. The van der Waals surface area contributed by atoms with Gasteiger partial charge in [0.15, 0.2) is 11.5 Å². The molecule has 0 spiro atoms. The molecule has 0 aliphatic rings. The van der Waals surface area contributed by atoms with E-state index in [9.17, 15) is 13.6 Å². The number of carbonyl (C=O) groups is 1. The van der Waals surface area contributed by atoms with E-state index < -0.39 is 6.61 Å². The standard InChI is InChI=1S/C16H14F2N2O3/c1-22-13-8-7-11(9-14(13)23-16(17)18)10-19-20-15(21)12-5-3-2-4-6-12/h2-10,16H,1H3,(H,20,21)/b19-10-. The highest BCUT2D eigenvalue weighted by Crippen LogP contribution is 2.28. The van der Waals surface area contributed by atoms with Crippen molar-refractivity contribution < 1.29 is 23.0 Å². The van der Waals surface area contributed by atoms with Crippen molar-refractivity contribution in [2.45, 2.75) is 6.61 Å². The number of ether oxygens (including phenoxy) is 2. The normalized spacial score (nSPS) is 10.8. The SMILES string of the molecule is COc1ccc(/C=N\NC(=O)c2ccccc2)cc1OC(F)F. The number of hydrogen-bond acceptors (Lipinski definition) is 4. The second-order valence-corrected chi connectivity index (χ2v) is 4.35. The van der Waals surface area contributed by atoms with Crippen LogP contribution in [0.4, 0.5) is 8.78 Å². The molecule has 7 heteroatoms. The number of hydrogen-bond donors (Lipinski definition) is 1. The molecule has 23 heavy (non-hydrogen) atoms. The summed E-state index contributed by atoms with van der Waals surface area (Å²) in [4.78, 5) is 11.8. The molecule has 0 bridgehead atoms. The highest BCUT2D eigenvalue weighted by Gasteiger charge is 2.10. The first-order valence-corrected chi connectivity index (χ1v) is 6.61. The molecular weight excluding hydrogens is 306 g/mol. The Balaban J connectivity index is 2.06. The number of nitrogens with one attached hydrogen (secondary N) is 1. The molecule has 1 amide bonds. The largest absolute Gasteiger partial charge is 0.493 e. The van der Waals surface area contributed by atoms with Crippen LogP contribution in [0.15, 0.2) is 53.6 Å². The fraction of sp³-hybridized carbons (Fsp3) is 0.125. The van der Waals surface area contributed by atoms with Crippen LogP contribution in [0.25, 0.3) is 0 Å². The van der Waals surface area contributed by atoms with Crippen LogP contribution in [-0.4, -0.2) is 25.8 Å². The van der Waals surface area contributed by atoms with E-state index in [0.29, 0.717) is 11.1 Å². The number of rotatable bonds is 6. The van der Waals surface area contributed by atoms with Crippen molar-refractivity contribution in [2.24, 2.45) is 5.10 Å². The van der Waals surface area contributed by atoms with Gasteiger partial charge in [0, 0.05) is 5.56 Å². The van der Waals surface area contributed by atoms with Gasteiger partial charge in [0.2, 0.25) is 0 Å². The van der Waals surface area contributed by atoms with Crippen LogP contribution in [0.1, 0.15) is 15.9 Å². The van der Waals surface area contributed by atoms with Gasteiger partial charge < -0.3 is 9.47 Å². The van der Waals surface area contributed by atoms with Gasteiger partial charge in [0.25, 0.3) is 5.91 Å². The van der Waals surface area contributed by atoms with Gasteiger partial charge in [-0.3, -0.25) is 4.79 Å². The summed E-state index contributed by atoms with van der Waals surface area (Å²) in [6, 6.07) is 12.9. The predicted octanol–water partition coefficient (Wildman–Crippen LogP) is 3.06. The molecular formula is C16H14F2N2O3. The second kappa shape index (κ2) is 7.88. The third-order valence-corrected chi connectivity index (χ3v) is 2.82. The van der Waals surface area contributed by atoms with E-state index in [1.807, 2.05) is 0 Å². The number of carbonyl (C=O) groups excluding carboxylic acids is 1. The Labute approximate surface area is 131 Å².